The normalized spacial score (nSPS) is 27.2. The van der Waals surface area contributed by atoms with E-state index in [1.807, 2.05) is 16.7 Å². The lowest BCUT2D eigenvalue weighted by molar-refractivity contribution is -0.162. The second-order valence-corrected chi connectivity index (χ2v) is 6.56. The number of carbonyl (C=O) groups excluding carboxylic acids is 2. The molecule has 2 aliphatic rings. The molecule has 2 aliphatic heterocycles. The van der Waals surface area contributed by atoms with Gasteiger partial charge in [0.15, 0.2) is 0 Å². The zero-order valence-electron chi connectivity index (χ0n) is 13.8. The Morgan fingerprint density at radius 1 is 1.14 bits per heavy atom. The van der Waals surface area contributed by atoms with Crippen LogP contribution in [0.2, 0.25) is 0 Å². The van der Waals surface area contributed by atoms with Gasteiger partial charge >= 0.3 is 0 Å². The van der Waals surface area contributed by atoms with Crippen LogP contribution >= 0.6 is 0 Å². The molecule has 0 aromatic heterocycles. The molecule has 2 saturated heterocycles. The van der Waals surface area contributed by atoms with E-state index in [9.17, 15) is 9.59 Å². The van der Waals surface area contributed by atoms with Gasteiger partial charge in [0.05, 0.1) is 0 Å². The summed E-state index contributed by atoms with van der Waals surface area (Å²) in [5.41, 5.74) is 0. The van der Waals surface area contributed by atoms with Crippen LogP contribution in [0.3, 0.4) is 0 Å². The molecule has 120 valence electrons. The standard InChI is InChI=1S/C17H30N2O2/c1-4-6-7-8-10-13(3)19-14(5-2)16(20)18-12-9-11-15(18)17(19)21/h13-15H,4-12H2,1-3H3. The van der Waals surface area contributed by atoms with E-state index in [2.05, 4.69) is 13.8 Å². The van der Waals surface area contributed by atoms with Gasteiger partial charge in [-0.15, -0.1) is 0 Å². The molecule has 2 rings (SSSR count). The number of carbonyl (C=O) groups is 2. The molecule has 4 nitrogen and oxygen atoms in total. The van der Waals surface area contributed by atoms with E-state index in [0.29, 0.717) is 0 Å². The Morgan fingerprint density at radius 2 is 1.90 bits per heavy atom. The van der Waals surface area contributed by atoms with Crippen molar-refractivity contribution in [3.63, 3.8) is 0 Å². The van der Waals surface area contributed by atoms with E-state index < -0.39 is 0 Å². The SMILES string of the molecule is CCCCCCC(C)N1C(=O)C2CCCN2C(=O)C1CC. The molecule has 0 N–H and O–H groups in total. The summed E-state index contributed by atoms with van der Waals surface area (Å²) in [6, 6.07) is -0.211. The van der Waals surface area contributed by atoms with Gasteiger partial charge < -0.3 is 9.80 Å². The number of unbranched alkanes of at least 4 members (excludes halogenated alkanes) is 3. The van der Waals surface area contributed by atoms with Crippen molar-refractivity contribution in [2.75, 3.05) is 6.54 Å². The van der Waals surface area contributed by atoms with E-state index in [1.165, 1.54) is 19.3 Å². The van der Waals surface area contributed by atoms with Crippen LogP contribution in [0.25, 0.3) is 0 Å². The Balaban J connectivity index is 2.04. The minimum atomic E-state index is -0.229. The van der Waals surface area contributed by atoms with Crippen LogP contribution in [0.1, 0.15) is 72.1 Å². The average Bonchev–Trinajstić information content (AvgIpc) is 2.97. The van der Waals surface area contributed by atoms with E-state index >= 15 is 0 Å². The quantitative estimate of drug-likeness (QED) is 0.677. The van der Waals surface area contributed by atoms with Crippen molar-refractivity contribution >= 4 is 11.8 Å². The molecule has 0 spiro atoms. The highest BCUT2D eigenvalue weighted by molar-refractivity contribution is 5.97. The molecule has 0 aliphatic carbocycles. The van der Waals surface area contributed by atoms with Gasteiger partial charge in [0.2, 0.25) is 11.8 Å². The fourth-order valence-electron chi connectivity index (χ4n) is 3.82. The highest BCUT2D eigenvalue weighted by atomic mass is 16.2. The predicted molar refractivity (Wildman–Crippen MR) is 83.9 cm³/mol. The van der Waals surface area contributed by atoms with Crippen LogP contribution in [-0.4, -0.2) is 46.3 Å². The van der Waals surface area contributed by atoms with Gasteiger partial charge in [-0.2, -0.15) is 0 Å². The molecule has 0 aromatic carbocycles. The summed E-state index contributed by atoms with van der Waals surface area (Å²) < 4.78 is 0. The van der Waals surface area contributed by atoms with Crippen molar-refractivity contribution in [3.05, 3.63) is 0 Å². The van der Waals surface area contributed by atoms with Crippen LogP contribution in [0.4, 0.5) is 0 Å². The number of hydrogen-bond acceptors (Lipinski definition) is 2. The summed E-state index contributed by atoms with van der Waals surface area (Å²) in [5, 5.41) is 0. The molecule has 2 amide bonds. The smallest absolute Gasteiger partial charge is 0.246 e. The van der Waals surface area contributed by atoms with Crippen molar-refractivity contribution in [1.82, 2.24) is 9.80 Å². The zero-order chi connectivity index (χ0) is 15.4. The van der Waals surface area contributed by atoms with Crippen LogP contribution < -0.4 is 0 Å². The third-order valence-corrected chi connectivity index (χ3v) is 5.03. The summed E-state index contributed by atoms with van der Waals surface area (Å²) in [6.45, 7) is 7.11. The first-order valence-corrected chi connectivity index (χ1v) is 8.74. The largest absolute Gasteiger partial charge is 0.329 e. The van der Waals surface area contributed by atoms with Crippen molar-refractivity contribution < 1.29 is 9.59 Å². The summed E-state index contributed by atoms with van der Waals surface area (Å²) in [6.07, 6.45) is 8.42. The first-order valence-electron chi connectivity index (χ1n) is 8.74. The molecule has 3 atom stereocenters. The fourth-order valence-corrected chi connectivity index (χ4v) is 3.82. The number of nitrogens with zero attached hydrogens (tertiary/aromatic N) is 2. The van der Waals surface area contributed by atoms with Gasteiger partial charge in [-0.05, 0) is 32.6 Å². The number of hydrogen-bond donors (Lipinski definition) is 0. The van der Waals surface area contributed by atoms with Crippen molar-refractivity contribution in [1.29, 1.82) is 0 Å². The number of amides is 2. The molecule has 0 bridgehead atoms. The topological polar surface area (TPSA) is 40.6 Å². The lowest BCUT2D eigenvalue weighted by Crippen LogP contribution is -2.64. The fraction of sp³-hybridized carbons (Fsp3) is 0.882. The van der Waals surface area contributed by atoms with Crippen molar-refractivity contribution in [2.45, 2.75) is 90.3 Å². The monoisotopic (exact) mass is 294 g/mol. The highest BCUT2D eigenvalue weighted by Crippen LogP contribution is 2.30. The third-order valence-electron chi connectivity index (χ3n) is 5.03. The first kappa shape index (κ1) is 16.3. The minimum Gasteiger partial charge on any atom is -0.329 e. The van der Waals surface area contributed by atoms with Crippen molar-refractivity contribution in [2.24, 2.45) is 0 Å². The van der Waals surface area contributed by atoms with Crippen LogP contribution in [-0.2, 0) is 9.59 Å². The molecule has 2 fully saturated rings. The maximum atomic E-state index is 12.8. The molecule has 0 aromatic rings. The number of fused-ring (bicyclic) bond motifs is 1. The molecule has 3 unspecified atom stereocenters. The van der Waals surface area contributed by atoms with E-state index in [-0.39, 0.29) is 29.9 Å². The summed E-state index contributed by atoms with van der Waals surface area (Å²) in [4.78, 5) is 29.1. The molecular formula is C17H30N2O2. The van der Waals surface area contributed by atoms with Crippen LogP contribution in [0.5, 0.6) is 0 Å². The van der Waals surface area contributed by atoms with Gasteiger partial charge in [0.1, 0.15) is 12.1 Å². The van der Waals surface area contributed by atoms with Crippen molar-refractivity contribution in [3.8, 4) is 0 Å². The Hall–Kier alpha value is -1.06. The van der Waals surface area contributed by atoms with Gasteiger partial charge in [0, 0.05) is 12.6 Å². The molecule has 2 heterocycles. The Morgan fingerprint density at radius 3 is 2.57 bits per heavy atom. The number of rotatable bonds is 7. The third kappa shape index (κ3) is 3.24. The molecule has 0 saturated carbocycles. The van der Waals surface area contributed by atoms with Crippen LogP contribution in [0.15, 0.2) is 0 Å². The summed E-state index contributed by atoms with van der Waals surface area (Å²) in [5.74, 6) is 0.377. The van der Waals surface area contributed by atoms with Gasteiger partial charge in [-0.1, -0.05) is 39.5 Å². The van der Waals surface area contributed by atoms with E-state index in [4.69, 9.17) is 0 Å². The lowest BCUT2D eigenvalue weighted by atomic mass is 9.98. The Kier molecular flexibility index (Phi) is 5.65. The van der Waals surface area contributed by atoms with Crippen LogP contribution in [0, 0.1) is 0 Å². The maximum Gasteiger partial charge on any atom is 0.246 e. The van der Waals surface area contributed by atoms with Gasteiger partial charge in [0.25, 0.3) is 0 Å². The van der Waals surface area contributed by atoms with Gasteiger partial charge in [-0.3, -0.25) is 9.59 Å². The predicted octanol–water partition coefficient (Wildman–Crippen LogP) is 2.96. The maximum absolute atomic E-state index is 12.8. The molecule has 21 heavy (non-hydrogen) atoms. The van der Waals surface area contributed by atoms with E-state index in [0.717, 1.165) is 38.6 Å². The number of piperazine rings is 1. The average molecular weight is 294 g/mol. The second-order valence-electron chi connectivity index (χ2n) is 6.56. The molecule has 0 radical (unpaired) electrons. The van der Waals surface area contributed by atoms with E-state index in [1.54, 1.807) is 0 Å². The Labute approximate surface area is 128 Å². The molecule has 4 heteroatoms. The highest BCUT2D eigenvalue weighted by Gasteiger charge is 2.48. The summed E-state index contributed by atoms with van der Waals surface area (Å²) >= 11 is 0. The summed E-state index contributed by atoms with van der Waals surface area (Å²) in [7, 11) is 0. The van der Waals surface area contributed by atoms with Gasteiger partial charge in [-0.25, -0.2) is 0 Å². The zero-order valence-corrected chi connectivity index (χ0v) is 13.8. The lowest BCUT2D eigenvalue weighted by Gasteiger charge is -2.45. The second kappa shape index (κ2) is 7.28. The minimum absolute atomic E-state index is 0.168. The Bertz CT molecular complexity index is 383. The molecular weight excluding hydrogens is 264 g/mol. The first-order chi connectivity index (χ1) is 10.1.